The molecule has 0 aliphatic carbocycles. The van der Waals surface area contributed by atoms with E-state index in [1.54, 1.807) is 0 Å². The van der Waals surface area contributed by atoms with Crippen molar-refractivity contribution >= 4 is 34.1 Å². The van der Waals surface area contributed by atoms with Gasteiger partial charge in [-0.2, -0.15) is 24.7 Å². The molecule has 0 spiro atoms. The van der Waals surface area contributed by atoms with Gasteiger partial charge in [0.05, 0.1) is 17.6 Å². The van der Waals surface area contributed by atoms with Gasteiger partial charge in [-0.25, -0.2) is 4.68 Å². The summed E-state index contributed by atoms with van der Waals surface area (Å²) in [6.07, 6.45) is 6.24. The zero-order valence-electron chi connectivity index (χ0n) is 21.6. The van der Waals surface area contributed by atoms with Gasteiger partial charge in [0, 0.05) is 36.8 Å². The lowest BCUT2D eigenvalue weighted by Crippen LogP contribution is -2.34. The molecule has 1 fully saturated rings. The number of aromatic nitrogens is 6. The molecule has 0 bridgehead atoms. The Bertz CT molecular complexity index is 1560. The summed E-state index contributed by atoms with van der Waals surface area (Å²) in [6, 6.07) is 14.1. The quantitative estimate of drug-likeness (QED) is 0.319. The van der Waals surface area contributed by atoms with Gasteiger partial charge < -0.3 is 16.0 Å². The summed E-state index contributed by atoms with van der Waals surface area (Å²) in [5, 5.41) is 14.0. The van der Waals surface area contributed by atoms with Crippen LogP contribution in [0.5, 0.6) is 0 Å². The van der Waals surface area contributed by atoms with E-state index in [0.717, 1.165) is 71.2 Å². The Hall–Kier alpha value is -4.14. The molecule has 2 aromatic carbocycles. The average Bonchev–Trinajstić information content (AvgIpc) is 3.53. The number of hydrogen-bond donors (Lipinski definition) is 2. The van der Waals surface area contributed by atoms with Crippen molar-refractivity contribution in [3.05, 3.63) is 66.0 Å². The molecule has 0 amide bonds. The third-order valence-corrected chi connectivity index (χ3v) is 7.31. The van der Waals surface area contributed by atoms with E-state index in [0.29, 0.717) is 24.1 Å². The summed E-state index contributed by atoms with van der Waals surface area (Å²) in [7, 11) is 0. The van der Waals surface area contributed by atoms with Crippen LogP contribution < -0.4 is 16.0 Å². The van der Waals surface area contributed by atoms with Crippen molar-refractivity contribution in [3.63, 3.8) is 0 Å². The Kier molecular flexibility index (Phi) is 5.90. The summed E-state index contributed by atoms with van der Waals surface area (Å²) in [6.45, 7) is 9.16. The molecule has 0 saturated carbocycles. The number of hydrogen-bond acceptors (Lipinski definition) is 7. The summed E-state index contributed by atoms with van der Waals surface area (Å²) >= 11 is 0. The minimum atomic E-state index is 0.316. The molecular weight excluding hydrogens is 462 g/mol. The van der Waals surface area contributed by atoms with Crippen molar-refractivity contribution in [1.82, 2.24) is 29.4 Å². The van der Waals surface area contributed by atoms with Crippen LogP contribution in [0.25, 0.3) is 22.2 Å². The van der Waals surface area contributed by atoms with E-state index in [-0.39, 0.29) is 0 Å². The van der Waals surface area contributed by atoms with Gasteiger partial charge in [-0.1, -0.05) is 51.1 Å². The van der Waals surface area contributed by atoms with Crippen LogP contribution in [0, 0.1) is 5.92 Å². The summed E-state index contributed by atoms with van der Waals surface area (Å²) in [5.41, 5.74) is 11.7. The number of nitrogens with zero attached hydrogens (tertiary/aromatic N) is 7. The molecule has 1 aliphatic rings. The first-order valence-electron chi connectivity index (χ1n) is 13.0. The minimum absolute atomic E-state index is 0.316. The largest absolute Gasteiger partial charge is 0.397 e. The Morgan fingerprint density at radius 1 is 1.05 bits per heavy atom. The van der Waals surface area contributed by atoms with Crippen molar-refractivity contribution in [3.8, 4) is 5.69 Å². The van der Waals surface area contributed by atoms with E-state index in [2.05, 4.69) is 48.2 Å². The molecule has 0 atom stereocenters. The van der Waals surface area contributed by atoms with E-state index in [9.17, 15) is 0 Å². The van der Waals surface area contributed by atoms with E-state index in [4.69, 9.17) is 20.8 Å². The molecule has 4 heterocycles. The van der Waals surface area contributed by atoms with Crippen molar-refractivity contribution < 1.29 is 0 Å². The van der Waals surface area contributed by atoms with Crippen LogP contribution in [0.15, 0.2) is 54.9 Å². The number of fused-ring (bicyclic) bond motifs is 2. The Morgan fingerprint density at radius 3 is 2.65 bits per heavy atom. The maximum atomic E-state index is 6.16. The van der Waals surface area contributed by atoms with E-state index in [1.807, 2.05) is 51.9 Å². The fourth-order valence-electron chi connectivity index (χ4n) is 5.00. The second-order valence-corrected chi connectivity index (χ2v) is 10.3. The van der Waals surface area contributed by atoms with Gasteiger partial charge in [-0.15, -0.1) is 0 Å². The van der Waals surface area contributed by atoms with Gasteiger partial charge in [0.1, 0.15) is 5.52 Å². The normalized spacial score (nSPS) is 14.8. The Balaban J connectivity index is 1.35. The molecule has 0 unspecified atom stereocenters. The molecule has 9 heteroatoms. The number of anilines is 3. The Morgan fingerprint density at radius 2 is 1.86 bits per heavy atom. The highest BCUT2D eigenvalue weighted by Crippen LogP contribution is 2.27. The van der Waals surface area contributed by atoms with Crippen molar-refractivity contribution in [2.45, 2.75) is 46.1 Å². The molecule has 1 aliphatic heterocycles. The molecular formula is C28H33N9. The first-order valence-corrected chi connectivity index (χ1v) is 13.0. The van der Waals surface area contributed by atoms with Crippen LogP contribution in [-0.2, 0) is 6.54 Å². The number of benzene rings is 2. The summed E-state index contributed by atoms with van der Waals surface area (Å²) in [5.74, 6) is 2.52. The maximum Gasteiger partial charge on any atom is 0.230 e. The van der Waals surface area contributed by atoms with E-state index in [1.165, 1.54) is 0 Å². The molecule has 6 rings (SSSR count). The topological polar surface area (TPSA) is 102 Å². The van der Waals surface area contributed by atoms with E-state index >= 15 is 0 Å². The Labute approximate surface area is 216 Å². The van der Waals surface area contributed by atoms with Crippen LogP contribution in [0.4, 0.5) is 17.6 Å². The third kappa shape index (κ3) is 4.34. The van der Waals surface area contributed by atoms with Crippen LogP contribution >= 0.6 is 0 Å². The summed E-state index contributed by atoms with van der Waals surface area (Å²) in [4.78, 5) is 12.2. The van der Waals surface area contributed by atoms with Crippen LogP contribution in [-0.4, -0.2) is 42.5 Å². The van der Waals surface area contributed by atoms with Crippen LogP contribution in [0.2, 0.25) is 0 Å². The predicted molar refractivity (Wildman–Crippen MR) is 148 cm³/mol. The third-order valence-electron chi connectivity index (χ3n) is 7.31. The van der Waals surface area contributed by atoms with Gasteiger partial charge >= 0.3 is 0 Å². The molecule has 37 heavy (non-hydrogen) atoms. The number of piperidine rings is 1. The summed E-state index contributed by atoms with van der Waals surface area (Å²) < 4.78 is 3.73. The zero-order valence-corrected chi connectivity index (χ0v) is 21.6. The van der Waals surface area contributed by atoms with Crippen molar-refractivity contribution in [2.75, 3.05) is 29.0 Å². The van der Waals surface area contributed by atoms with Gasteiger partial charge in [0.25, 0.3) is 0 Å². The van der Waals surface area contributed by atoms with Crippen LogP contribution in [0.3, 0.4) is 0 Å². The molecule has 190 valence electrons. The molecule has 3 N–H and O–H groups in total. The van der Waals surface area contributed by atoms with Gasteiger partial charge in [0.2, 0.25) is 11.9 Å². The van der Waals surface area contributed by atoms with E-state index < -0.39 is 0 Å². The highest BCUT2D eigenvalue weighted by molar-refractivity contribution is 5.89. The lowest BCUT2D eigenvalue weighted by molar-refractivity contribution is 0.434. The van der Waals surface area contributed by atoms with Gasteiger partial charge in [0.15, 0.2) is 5.65 Å². The molecule has 3 aromatic heterocycles. The fraction of sp³-hybridized carbons (Fsp3) is 0.357. The second kappa shape index (κ2) is 9.38. The lowest BCUT2D eigenvalue weighted by Gasteiger charge is -2.30. The first-order chi connectivity index (χ1) is 18.0. The van der Waals surface area contributed by atoms with Gasteiger partial charge in [-0.05, 0) is 42.4 Å². The number of nitrogens with two attached hydrogens (primary N) is 1. The average molecular weight is 496 g/mol. The highest BCUT2D eigenvalue weighted by Gasteiger charge is 2.22. The van der Waals surface area contributed by atoms with Crippen LogP contribution in [0.1, 0.15) is 50.7 Å². The molecule has 9 nitrogen and oxygen atoms in total. The number of para-hydroxylation sites is 1. The SMILES string of the molecule is CC1CCN(c2nc(NCc3ccccc3-n3cc4cccc(N)c4n3)n3ncc(C(C)C)c3n2)CC1. The zero-order chi connectivity index (χ0) is 25.5. The standard InChI is InChI=1S/C28H33N9/c1-18(2)22-16-31-37-26(22)32-28(35-13-11-19(3)12-14-35)33-27(37)30-15-20-7-4-5-10-24(20)36-17-21-8-6-9-23(29)25(21)34-36/h4-10,16-19H,11-15,29H2,1-3H3,(H,30,32,33). The molecule has 5 aromatic rings. The lowest BCUT2D eigenvalue weighted by atomic mass is 10.00. The van der Waals surface area contributed by atoms with Gasteiger partial charge in [-0.3, -0.25) is 0 Å². The van der Waals surface area contributed by atoms with Crippen molar-refractivity contribution in [1.29, 1.82) is 0 Å². The monoisotopic (exact) mass is 495 g/mol. The molecule has 1 saturated heterocycles. The smallest absolute Gasteiger partial charge is 0.230 e. The number of rotatable bonds is 6. The minimum Gasteiger partial charge on any atom is -0.397 e. The second-order valence-electron chi connectivity index (χ2n) is 10.3. The number of nitrogens with one attached hydrogen (secondary N) is 1. The first kappa shape index (κ1) is 23.3. The van der Waals surface area contributed by atoms with Crippen molar-refractivity contribution in [2.24, 2.45) is 5.92 Å². The predicted octanol–water partition coefficient (Wildman–Crippen LogP) is 5.02. The fourth-order valence-corrected chi connectivity index (χ4v) is 5.00. The number of nitrogen functional groups attached to an aromatic ring is 1. The highest BCUT2D eigenvalue weighted by atomic mass is 15.4. The maximum absolute atomic E-state index is 6.16. The molecule has 0 radical (unpaired) electrons.